The van der Waals surface area contributed by atoms with E-state index in [1.54, 1.807) is 0 Å². The minimum Gasteiger partial charge on any atom is -0.385 e. The molecule has 0 aliphatic heterocycles. The molecule has 174 valence electrons. The molecule has 1 nitrogen and oxygen atoms in total. The average Bonchev–Trinajstić information content (AvgIpc) is 2.52. The Kier molecular flexibility index (Phi) is 6.48. The van der Waals surface area contributed by atoms with E-state index in [0.717, 1.165) is 18.2 Å². The number of rotatable bonds is 7. The van der Waals surface area contributed by atoms with Crippen molar-refractivity contribution in [3.8, 4) is 0 Å². The Balaban J connectivity index is 3.45. The fraction of sp³-hybridized carbons (Fsp3) is 0.600. The Bertz CT molecular complexity index is 770. The molecule has 0 aliphatic rings. The number of benzene rings is 1. The normalized spacial score (nSPS) is 17.1. The SMILES string of the molecule is CC(O)(CC(F)(F)C(F)(F)C(F)(F)C(F)(F)C(F)(F)C(F)(F)F)c1cccc(Cl)c1. The van der Waals surface area contributed by atoms with Gasteiger partial charge in [0.05, 0.1) is 12.0 Å². The largest absolute Gasteiger partial charge is 0.460 e. The van der Waals surface area contributed by atoms with E-state index in [1.807, 2.05) is 0 Å². The number of halogens is 14. The van der Waals surface area contributed by atoms with Crippen LogP contribution in [0.4, 0.5) is 57.1 Å². The van der Waals surface area contributed by atoms with Gasteiger partial charge in [0.2, 0.25) is 0 Å². The summed E-state index contributed by atoms with van der Waals surface area (Å²) in [6, 6.07) is 3.61. The summed E-state index contributed by atoms with van der Waals surface area (Å²) >= 11 is 5.48. The highest BCUT2D eigenvalue weighted by atomic mass is 35.5. The van der Waals surface area contributed by atoms with Crippen molar-refractivity contribution in [1.82, 2.24) is 0 Å². The second-order valence-corrected chi connectivity index (χ2v) is 6.90. The van der Waals surface area contributed by atoms with Gasteiger partial charge in [-0.15, -0.1) is 0 Å². The predicted octanol–water partition coefficient (Wildman–Crippen LogP) is 6.68. The van der Waals surface area contributed by atoms with Crippen molar-refractivity contribution in [1.29, 1.82) is 0 Å². The van der Waals surface area contributed by atoms with Gasteiger partial charge in [-0.3, -0.25) is 0 Å². The van der Waals surface area contributed by atoms with Crippen LogP contribution in [0.1, 0.15) is 18.9 Å². The molecule has 1 N–H and O–H groups in total. The smallest absolute Gasteiger partial charge is 0.385 e. The van der Waals surface area contributed by atoms with Crippen LogP contribution in [0.25, 0.3) is 0 Å². The first-order valence-corrected chi connectivity index (χ1v) is 7.78. The van der Waals surface area contributed by atoms with E-state index >= 15 is 0 Å². The molecule has 1 aromatic rings. The maximum Gasteiger partial charge on any atom is 0.460 e. The molecule has 1 aromatic carbocycles. The molecule has 0 heterocycles. The van der Waals surface area contributed by atoms with Crippen LogP contribution in [0, 0.1) is 0 Å². The molecule has 15 heteroatoms. The number of hydrogen-bond donors (Lipinski definition) is 1. The molecule has 0 saturated heterocycles. The van der Waals surface area contributed by atoms with Crippen LogP contribution >= 0.6 is 11.6 Å². The zero-order valence-electron chi connectivity index (χ0n) is 14.3. The van der Waals surface area contributed by atoms with Crippen LogP contribution < -0.4 is 0 Å². The topological polar surface area (TPSA) is 20.2 Å². The Hall–Kier alpha value is -1.44. The molecule has 0 amide bonds. The van der Waals surface area contributed by atoms with E-state index in [1.165, 1.54) is 0 Å². The van der Waals surface area contributed by atoms with Gasteiger partial charge in [0.25, 0.3) is 0 Å². The van der Waals surface area contributed by atoms with Crippen LogP contribution in [-0.4, -0.2) is 40.9 Å². The summed E-state index contributed by atoms with van der Waals surface area (Å²) in [7, 11) is 0. The molecule has 0 aliphatic carbocycles. The summed E-state index contributed by atoms with van der Waals surface area (Å²) in [5, 5.41) is 9.67. The highest BCUT2D eigenvalue weighted by Gasteiger charge is 2.90. The van der Waals surface area contributed by atoms with Crippen LogP contribution in [0.2, 0.25) is 5.02 Å². The first-order valence-electron chi connectivity index (χ1n) is 7.40. The number of alkyl halides is 13. The third-order valence-electron chi connectivity index (χ3n) is 4.01. The quantitative estimate of drug-likeness (QED) is 0.425. The maximum atomic E-state index is 13.9. The molecule has 0 aromatic heterocycles. The van der Waals surface area contributed by atoms with Crippen LogP contribution in [0.5, 0.6) is 0 Å². The van der Waals surface area contributed by atoms with Crippen LogP contribution in [0.15, 0.2) is 24.3 Å². The lowest BCUT2D eigenvalue weighted by molar-refractivity contribution is -0.441. The van der Waals surface area contributed by atoms with Gasteiger partial charge in [0.1, 0.15) is 0 Å². The zero-order chi connectivity index (χ0) is 24.2. The lowest BCUT2D eigenvalue weighted by Gasteiger charge is -2.41. The summed E-state index contributed by atoms with van der Waals surface area (Å²) in [6.45, 7) is 0.350. The summed E-state index contributed by atoms with van der Waals surface area (Å²) in [5.41, 5.74) is -3.86. The highest BCUT2D eigenvalue weighted by Crippen LogP contribution is 2.61. The molecule has 0 spiro atoms. The maximum absolute atomic E-state index is 13.9. The van der Waals surface area contributed by atoms with Crippen molar-refractivity contribution >= 4 is 11.6 Å². The van der Waals surface area contributed by atoms with E-state index in [4.69, 9.17) is 11.6 Å². The number of aliphatic hydroxyl groups is 1. The van der Waals surface area contributed by atoms with Gasteiger partial charge in [-0.25, -0.2) is 0 Å². The fourth-order valence-corrected chi connectivity index (χ4v) is 2.46. The van der Waals surface area contributed by atoms with Crippen molar-refractivity contribution in [2.24, 2.45) is 0 Å². The van der Waals surface area contributed by atoms with Crippen LogP contribution in [-0.2, 0) is 5.60 Å². The van der Waals surface area contributed by atoms with Gasteiger partial charge in [0.15, 0.2) is 0 Å². The standard InChI is InChI=1S/C15H10ClF13O/c1-9(30,7-3-2-4-8(16)5-7)6-10(17,18)11(19,20)12(21,22)13(23,24)14(25,26)15(27,28)29/h2-5,30H,6H2,1H3. The minimum absolute atomic E-state index is 0.260. The molecular weight excluding hydrogens is 479 g/mol. The molecule has 1 unspecified atom stereocenters. The Morgan fingerprint density at radius 2 is 1.17 bits per heavy atom. The second-order valence-electron chi connectivity index (χ2n) is 6.46. The van der Waals surface area contributed by atoms with Gasteiger partial charge >= 0.3 is 35.8 Å². The van der Waals surface area contributed by atoms with E-state index in [9.17, 15) is 62.2 Å². The van der Waals surface area contributed by atoms with Crippen molar-refractivity contribution in [3.05, 3.63) is 34.9 Å². The molecule has 1 rings (SSSR count). The predicted molar refractivity (Wildman–Crippen MR) is 76.4 cm³/mol. The monoisotopic (exact) mass is 488 g/mol. The lowest BCUT2D eigenvalue weighted by Crippen LogP contribution is -2.70. The molecule has 0 fully saturated rings. The Morgan fingerprint density at radius 3 is 1.57 bits per heavy atom. The zero-order valence-corrected chi connectivity index (χ0v) is 15.0. The van der Waals surface area contributed by atoms with Crippen LogP contribution in [0.3, 0.4) is 0 Å². The van der Waals surface area contributed by atoms with Gasteiger partial charge in [-0.2, -0.15) is 57.1 Å². The summed E-state index contributed by atoms with van der Waals surface area (Å²) in [6.07, 6.45) is -10.2. The minimum atomic E-state index is -7.98. The third-order valence-corrected chi connectivity index (χ3v) is 4.25. The number of hydrogen-bond acceptors (Lipinski definition) is 1. The average molecular weight is 489 g/mol. The third kappa shape index (κ3) is 4.04. The molecule has 1 atom stereocenters. The molecule has 0 bridgehead atoms. The summed E-state index contributed by atoms with van der Waals surface area (Å²) in [5.74, 6) is -37.5. The van der Waals surface area contributed by atoms with Gasteiger partial charge in [-0.05, 0) is 24.6 Å². The molecule has 0 saturated carbocycles. The summed E-state index contributed by atoms with van der Waals surface area (Å²) in [4.78, 5) is 0. The fourth-order valence-electron chi connectivity index (χ4n) is 2.27. The first kappa shape index (κ1) is 26.6. The van der Waals surface area contributed by atoms with E-state index in [-0.39, 0.29) is 5.02 Å². The van der Waals surface area contributed by atoms with E-state index < -0.39 is 53.4 Å². The first-order chi connectivity index (χ1) is 13.0. The van der Waals surface area contributed by atoms with Gasteiger partial charge < -0.3 is 5.11 Å². The van der Waals surface area contributed by atoms with Crippen molar-refractivity contribution < 1.29 is 62.2 Å². The summed E-state index contributed by atoms with van der Waals surface area (Å²) < 4.78 is 170. The van der Waals surface area contributed by atoms with Gasteiger partial charge in [0, 0.05) is 5.02 Å². The second kappa shape index (κ2) is 7.31. The Morgan fingerprint density at radius 1 is 0.733 bits per heavy atom. The van der Waals surface area contributed by atoms with E-state index in [0.29, 0.717) is 13.0 Å². The lowest BCUT2D eigenvalue weighted by atomic mass is 9.84. The molecule has 0 radical (unpaired) electrons. The highest BCUT2D eigenvalue weighted by molar-refractivity contribution is 6.30. The van der Waals surface area contributed by atoms with Crippen molar-refractivity contribution in [2.75, 3.05) is 0 Å². The van der Waals surface area contributed by atoms with Gasteiger partial charge in [-0.1, -0.05) is 23.7 Å². The Labute approximate surface area is 164 Å². The molecular formula is C15H10ClF13O. The molecule has 30 heavy (non-hydrogen) atoms. The van der Waals surface area contributed by atoms with Crippen molar-refractivity contribution in [3.63, 3.8) is 0 Å². The van der Waals surface area contributed by atoms with E-state index in [2.05, 4.69) is 0 Å². The van der Waals surface area contributed by atoms with Crippen molar-refractivity contribution in [2.45, 2.75) is 54.7 Å².